The quantitative estimate of drug-likeness (QED) is 0.617. The molecule has 2 N–H and O–H groups in total. The van der Waals surface area contributed by atoms with E-state index in [9.17, 15) is 35.9 Å². The molecule has 2 heterocycles. The molecule has 32 heavy (non-hydrogen) atoms. The van der Waals surface area contributed by atoms with Gasteiger partial charge in [0.15, 0.2) is 0 Å². The molecule has 2 atom stereocenters. The second-order valence-electron chi connectivity index (χ2n) is 7.21. The van der Waals surface area contributed by atoms with E-state index in [4.69, 9.17) is 4.74 Å². The lowest BCUT2D eigenvalue weighted by Crippen LogP contribution is -2.29. The number of carbonyl (C=O) groups excluding carboxylic acids is 1. The Balaban J connectivity index is 1.84. The predicted molar refractivity (Wildman–Crippen MR) is 104 cm³/mol. The molecule has 3 rings (SSSR count). The SMILES string of the molecule is CS(=O)(=O)NCc1cc(Oc2cccc(C(=O)N3C[C@@H](O)[C@H](F)C3)c2)nc(C(F)(F)F)c1. The highest BCUT2D eigenvalue weighted by molar-refractivity contribution is 7.88. The van der Waals surface area contributed by atoms with E-state index in [0.717, 1.165) is 17.2 Å². The van der Waals surface area contributed by atoms with E-state index < -0.39 is 52.5 Å². The van der Waals surface area contributed by atoms with E-state index in [0.29, 0.717) is 6.07 Å². The van der Waals surface area contributed by atoms with Gasteiger partial charge in [0.1, 0.15) is 23.7 Å². The van der Waals surface area contributed by atoms with Gasteiger partial charge in [-0.25, -0.2) is 22.5 Å². The lowest BCUT2D eigenvalue weighted by Gasteiger charge is -2.16. The van der Waals surface area contributed by atoms with Crippen LogP contribution < -0.4 is 9.46 Å². The molecular formula is C19H19F4N3O5S. The van der Waals surface area contributed by atoms with Crippen LogP contribution in [0.15, 0.2) is 36.4 Å². The van der Waals surface area contributed by atoms with E-state index in [1.165, 1.54) is 24.3 Å². The number of rotatable bonds is 6. The number of hydrogen-bond acceptors (Lipinski definition) is 6. The first-order valence-electron chi connectivity index (χ1n) is 9.24. The molecule has 0 saturated carbocycles. The van der Waals surface area contributed by atoms with Gasteiger partial charge in [-0.15, -0.1) is 0 Å². The average molecular weight is 477 g/mol. The normalized spacial score (nSPS) is 19.2. The summed E-state index contributed by atoms with van der Waals surface area (Å²) in [6.45, 7) is -0.880. The lowest BCUT2D eigenvalue weighted by molar-refractivity contribution is -0.141. The molecule has 1 amide bonds. The number of amides is 1. The Kier molecular flexibility index (Phi) is 6.72. The number of β-amino-alcohol motifs (C(OH)–C–C–N with tert-alkyl or cyclic N) is 1. The molecule has 1 saturated heterocycles. The van der Waals surface area contributed by atoms with Crippen molar-refractivity contribution >= 4 is 15.9 Å². The summed E-state index contributed by atoms with van der Waals surface area (Å²) in [5.41, 5.74) is -1.25. The molecule has 174 valence electrons. The topological polar surface area (TPSA) is 109 Å². The summed E-state index contributed by atoms with van der Waals surface area (Å²) >= 11 is 0. The number of aliphatic hydroxyl groups is 1. The molecule has 0 bridgehead atoms. The number of benzene rings is 1. The van der Waals surface area contributed by atoms with Crippen molar-refractivity contribution in [2.24, 2.45) is 0 Å². The number of alkyl halides is 4. The van der Waals surface area contributed by atoms with E-state index in [1.807, 2.05) is 0 Å². The standard InChI is InChI=1S/C19H19F4N3O5S/c1-32(29,30)24-8-11-5-16(19(21,22)23)25-17(6-11)31-13-4-2-3-12(7-13)18(28)26-9-14(20)15(27)10-26/h2-7,14-15,24,27H,8-10H2,1H3/t14-,15-/m1/s1. The number of aromatic nitrogens is 1. The van der Waals surface area contributed by atoms with E-state index >= 15 is 0 Å². The molecule has 0 unspecified atom stereocenters. The smallest absolute Gasteiger partial charge is 0.433 e. The third kappa shape index (κ3) is 6.14. The first kappa shape index (κ1) is 23.9. The van der Waals surface area contributed by atoms with Crippen LogP contribution in [0.25, 0.3) is 0 Å². The van der Waals surface area contributed by atoms with Crippen molar-refractivity contribution in [1.29, 1.82) is 0 Å². The van der Waals surface area contributed by atoms with Gasteiger partial charge in [0, 0.05) is 24.7 Å². The number of halogens is 4. The second-order valence-corrected chi connectivity index (χ2v) is 9.05. The van der Waals surface area contributed by atoms with E-state index in [2.05, 4.69) is 9.71 Å². The summed E-state index contributed by atoms with van der Waals surface area (Å²) in [7, 11) is -3.65. The van der Waals surface area contributed by atoms with Gasteiger partial charge in [-0.3, -0.25) is 4.79 Å². The van der Waals surface area contributed by atoms with Crippen molar-refractivity contribution in [1.82, 2.24) is 14.6 Å². The highest BCUT2D eigenvalue weighted by Gasteiger charge is 2.35. The van der Waals surface area contributed by atoms with Gasteiger partial charge < -0.3 is 14.7 Å². The van der Waals surface area contributed by atoms with E-state index in [1.54, 1.807) is 0 Å². The molecule has 0 aliphatic carbocycles. The van der Waals surface area contributed by atoms with Crippen LogP contribution in [0.1, 0.15) is 21.6 Å². The van der Waals surface area contributed by atoms with Crippen LogP contribution in [0.5, 0.6) is 11.6 Å². The monoisotopic (exact) mass is 477 g/mol. The third-order valence-electron chi connectivity index (χ3n) is 4.50. The molecule has 0 radical (unpaired) electrons. The van der Waals surface area contributed by atoms with Crippen LogP contribution in [0.3, 0.4) is 0 Å². The molecular weight excluding hydrogens is 458 g/mol. The zero-order chi connectivity index (χ0) is 23.7. The summed E-state index contributed by atoms with van der Waals surface area (Å²) in [5.74, 6) is -1.05. The number of hydrogen-bond donors (Lipinski definition) is 2. The molecule has 0 spiro atoms. The maximum absolute atomic E-state index is 13.5. The molecule has 1 aliphatic heterocycles. The number of nitrogens with one attached hydrogen (secondary N) is 1. The summed E-state index contributed by atoms with van der Waals surface area (Å²) < 4.78 is 83.1. The highest BCUT2D eigenvalue weighted by atomic mass is 32.2. The van der Waals surface area contributed by atoms with Gasteiger partial charge in [0.2, 0.25) is 15.9 Å². The minimum Gasteiger partial charge on any atom is -0.439 e. The number of sulfonamides is 1. The number of nitrogens with zero attached hydrogens (tertiary/aromatic N) is 2. The lowest BCUT2D eigenvalue weighted by atomic mass is 10.2. The molecule has 2 aromatic rings. The molecule has 13 heteroatoms. The largest absolute Gasteiger partial charge is 0.439 e. The van der Waals surface area contributed by atoms with Gasteiger partial charge >= 0.3 is 6.18 Å². The van der Waals surface area contributed by atoms with E-state index in [-0.39, 0.29) is 30.0 Å². The van der Waals surface area contributed by atoms with Gasteiger partial charge in [-0.05, 0) is 29.8 Å². The van der Waals surface area contributed by atoms with Crippen LogP contribution >= 0.6 is 0 Å². The minimum atomic E-state index is -4.81. The molecule has 1 aromatic heterocycles. The summed E-state index contributed by atoms with van der Waals surface area (Å²) in [6.07, 6.45) is -6.79. The Morgan fingerprint density at radius 1 is 1.28 bits per heavy atom. The molecule has 1 aromatic carbocycles. The van der Waals surface area contributed by atoms with Crippen molar-refractivity contribution in [2.45, 2.75) is 25.0 Å². The van der Waals surface area contributed by atoms with Gasteiger partial charge in [-0.2, -0.15) is 13.2 Å². The van der Waals surface area contributed by atoms with Gasteiger partial charge in [0.05, 0.1) is 12.8 Å². The Hall–Kier alpha value is -2.77. The summed E-state index contributed by atoms with van der Waals surface area (Å²) in [5, 5.41) is 9.49. The van der Waals surface area contributed by atoms with Crippen LogP contribution in [0.2, 0.25) is 0 Å². The summed E-state index contributed by atoms with van der Waals surface area (Å²) in [4.78, 5) is 17.1. The van der Waals surface area contributed by atoms with Crippen LogP contribution in [-0.4, -0.2) is 60.9 Å². The van der Waals surface area contributed by atoms with Crippen LogP contribution in [-0.2, 0) is 22.7 Å². The maximum Gasteiger partial charge on any atom is 0.433 e. The summed E-state index contributed by atoms with van der Waals surface area (Å²) in [6, 6.07) is 7.28. The number of aliphatic hydroxyl groups excluding tert-OH is 1. The third-order valence-corrected chi connectivity index (χ3v) is 5.17. The first-order chi connectivity index (χ1) is 14.8. The fraction of sp³-hybridized carbons (Fsp3) is 0.368. The molecule has 1 fully saturated rings. The Morgan fingerprint density at radius 2 is 2.00 bits per heavy atom. The molecule has 8 nitrogen and oxygen atoms in total. The Morgan fingerprint density at radius 3 is 2.59 bits per heavy atom. The first-order valence-corrected chi connectivity index (χ1v) is 11.1. The van der Waals surface area contributed by atoms with Crippen molar-refractivity contribution in [2.75, 3.05) is 19.3 Å². The van der Waals surface area contributed by atoms with Crippen LogP contribution in [0, 0.1) is 0 Å². The van der Waals surface area contributed by atoms with Gasteiger partial charge in [-0.1, -0.05) is 6.07 Å². The highest BCUT2D eigenvalue weighted by Crippen LogP contribution is 2.31. The van der Waals surface area contributed by atoms with Gasteiger partial charge in [0.25, 0.3) is 5.91 Å². The number of likely N-dealkylation sites (tertiary alicyclic amines) is 1. The fourth-order valence-electron chi connectivity index (χ4n) is 2.98. The minimum absolute atomic E-state index is 0.0127. The number of pyridine rings is 1. The zero-order valence-corrected chi connectivity index (χ0v) is 17.5. The molecule has 1 aliphatic rings. The Bertz CT molecular complexity index is 1100. The maximum atomic E-state index is 13.5. The van der Waals surface area contributed by atoms with Crippen molar-refractivity contribution < 1.29 is 40.6 Å². The number of ether oxygens (including phenoxy) is 1. The fourth-order valence-corrected chi connectivity index (χ4v) is 3.41. The van der Waals surface area contributed by atoms with Crippen molar-refractivity contribution in [3.05, 3.63) is 53.2 Å². The number of carbonyl (C=O) groups is 1. The van der Waals surface area contributed by atoms with Crippen molar-refractivity contribution in [3.8, 4) is 11.6 Å². The Labute approximate surface area is 180 Å². The predicted octanol–water partition coefficient (Wildman–Crippen LogP) is 2.10. The van der Waals surface area contributed by atoms with Crippen LogP contribution in [0.4, 0.5) is 17.6 Å². The zero-order valence-electron chi connectivity index (χ0n) is 16.6. The average Bonchev–Trinajstić information content (AvgIpc) is 3.03. The van der Waals surface area contributed by atoms with Crippen molar-refractivity contribution in [3.63, 3.8) is 0 Å². The second kappa shape index (κ2) is 9.00.